The first-order chi connectivity index (χ1) is 6.68. The highest BCUT2D eigenvalue weighted by Gasteiger charge is 1.97. The summed E-state index contributed by atoms with van der Waals surface area (Å²) in [5, 5.41) is 2.30. The molecular formula is C9H20N4O. The van der Waals surface area contributed by atoms with Gasteiger partial charge in [0.05, 0.1) is 0 Å². The number of aromatic nitrogens is 2. The first kappa shape index (κ1) is 15.0. The van der Waals surface area contributed by atoms with Gasteiger partial charge in [-0.15, -0.1) is 0 Å². The molecule has 0 unspecified atom stereocenters. The van der Waals surface area contributed by atoms with Crippen LogP contribution in [0.15, 0.2) is 6.20 Å². The number of imidazole rings is 1. The van der Waals surface area contributed by atoms with Gasteiger partial charge in [-0.05, 0) is 6.92 Å². The summed E-state index contributed by atoms with van der Waals surface area (Å²) in [7, 11) is 0. The minimum Gasteiger partial charge on any atom is -0.351 e. The summed E-state index contributed by atoms with van der Waals surface area (Å²) < 4.78 is 0. The van der Waals surface area contributed by atoms with Crippen molar-refractivity contribution in [3.05, 3.63) is 11.9 Å². The summed E-state index contributed by atoms with van der Waals surface area (Å²) in [6.07, 6.45) is 1.60. The summed E-state index contributed by atoms with van der Waals surface area (Å²) in [5.74, 6) is 0.380. The van der Waals surface area contributed by atoms with Crippen molar-refractivity contribution in [2.24, 2.45) is 5.73 Å². The molecule has 0 radical (unpaired) electrons. The molecule has 1 aromatic rings. The van der Waals surface area contributed by atoms with Crippen molar-refractivity contribution in [3.63, 3.8) is 0 Å². The SMILES string of the molecule is CC.CC.Cc1cnc(NC(N)=O)[nH]1. The van der Waals surface area contributed by atoms with Crippen LogP contribution in [0, 0.1) is 6.92 Å². The molecule has 1 heterocycles. The van der Waals surface area contributed by atoms with Gasteiger partial charge in [-0.25, -0.2) is 9.78 Å². The Morgan fingerprint density at radius 2 is 1.93 bits per heavy atom. The minimum atomic E-state index is -0.616. The number of hydrogen-bond donors (Lipinski definition) is 3. The molecule has 5 nitrogen and oxygen atoms in total. The fourth-order valence-corrected chi connectivity index (χ4v) is 0.593. The number of rotatable bonds is 1. The van der Waals surface area contributed by atoms with Crippen molar-refractivity contribution in [3.8, 4) is 0 Å². The van der Waals surface area contributed by atoms with Crippen molar-refractivity contribution < 1.29 is 4.79 Å². The maximum atomic E-state index is 10.2. The Kier molecular flexibility index (Phi) is 10.2. The summed E-state index contributed by atoms with van der Waals surface area (Å²) >= 11 is 0. The van der Waals surface area contributed by atoms with Crippen LogP contribution < -0.4 is 11.1 Å². The summed E-state index contributed by atoms with van der Waals surface area (Å²) in [5.41, 5.74) is 5.70. The molecule has 0 spiro atoms. The topological polar surface area (TPSA) is 83.8 Å². The van der Waals surface area contributed by atoms with Gasteiger partial charge in [0.1, 0.15) is 0 Å². The van der Waals surface area contributed by atoms with E-state index >= 15 is 0 Å². The smallest absolute Gasteiger partial charge is 0.318 e. The highest BCUT2D eigenvalue weighted by atomic mass is 16.2. The van der Waals surface area contributed by atoms with Crippen LogP contribution >= 0.6 is 0 Å². The summed E-state index contributed by atoms with van der Waals surface area (Å²) in [6, 6.07) is -0.616. The number of amides is 2. The number of carbonyl (C=O) groups excluding carboxylic acids is 1. The first-order valence-corrected chi connectivity index (χ1v) is 4.76. The zero-order valence-corrected chi connectivity index (χ0v) is 9.51. The average Bonchev–Trinajstić information content (AvgIpc) is 2.57. The lowest BCUT2D eigenvalue weighted by molar-refractivity contribution is 0.259. The van der Waals surface area contributed by atoms with E-state index in [2.05, 4.69) is 15.3 Å². The van der Waals surface area contributed by atoms with Crippen LogP contribution in [0.25, 0.3) is 0 Å². The number of urea groups is 1. The zero-order chi connectivity index (χ0) is 11.6. The van der Waals surface area contributed by atoms with E-state index in [0.717, 1.165) is 5.69 Å². The van der Waals surface area contributed by atoms with Crippen LogP contribution in [0.3, 0.4) is 0 Å². The van der Waals surface area contributed by atoms with Gasteiger partial charge in [-0.1, -0.05) is 27.7 Å². The van der Waals surface area contributed by atoms with Crippen molar-refractivity contribution >= 4 is 12.0 Å². The Morgan fingerprint density at radius 3 is 2.21 bits per heavy atom. The lowest BCUT2D eigenvalue weighted by Gasteiger charge is -1.92. The lowest BCUT2D eigenvalue weighted by Crippen LogP contribution is -2.19. The highest BCUT2D eigenvalue weighted by molar-refractivity contribution is 5.85. The summed E-state index contributed by atoms with van der Waals surface area (Å²) in [6.45, 7) is 9.83. The predicted octanol–water partition coefficient (Wildman–Crippen LogP) is 2.26. The Labute approximate surface area is 85.1 Å². The number of aryl methyl sites for hydroxylation is 1. The van der Waals surface area contributed by atoms with Gasteiger partial charge < -0.3 is 10.7 Å². The minimum absolute atomic E-state index is 0.380. The van der Waals surface area contributed by atoms with Crippen LogP contribution in [0.1, 0.15) is 33.4 Å². The van der Waals surface area contributed by atoms with Crippen LogP contribution in [0.2, 0.25) is 0 Å². The van der Waals surface area contributed by atoms with Crippen LogP contribution in [-0.4, -0.2) is 16.0 Å². The van der Waals surface area contributed by atoms with E-state index in [0.29, 0.717) is 5.95 Å². The number of nitrogens with zero attached hydrogens (tertiary/aromatic N) is 1. The monoisotopic (exact) mass is 200 g/mol. The number of primary amides is 1. The molecule has 5 heteroatoms. The van der Waals surface area contributed by atoms with E-state index < -0.39 is 6.03 Å². The molecule has 1 aromatic heterocycles. The molecule has 0 saturated carbocycles. The quantitative estimate of drug-likeness (QED) is 0.649. The molecular weight excluding hydrogens is 180 g/mol. The highest BCUT2D eigenvalue weighted by Crippen LogP contribution is 1.98. The molecule has 0 saturated heterocycles. The van der Waals surface area contributed by atoms with E-state index in [-0.39, 0.29) is 0 Å². The molecule has 4 N–H and O–H groups in total. The number of anilines is 1. The number of nitrogens with two attached hydrogens (primary N) is 1. The van der Waals surface area contributed by atoms with Gasteiger partial charge in [0.25, 0.3) is 0 Å². The molecule has 0 bridgehead atoms. The molecule has 0 aliphatic carbocycles. The number of hydrogen-bond acceptors (Lipinski definition) is 2. The van der Waals surface area contributed by atoms with E-state index in [1.54, 1.807) is 6.20 Å². The van der Waals surface area contributed by atoms with Gasteiger partial charge in [0.2, 0.25) is 5.95 Å². The maximum absolute atomic E-state index is 10.2. The largest absolute Gasteiger partial charge is 0.351 e. The second kappa shape index (κ2) is 9.57. The molecule has 0 aliphatic rings. The molecule has 0 aliphatic heterocycles. The second-order valence-corrected chi connectivity index (χ2v) is 1.90. The molecule has 1 rings (SSSR count). The predicted molar refractivity (Wildman–Crippen MR) is 59.2 cm³/mol. The normalized spacial score (nSPS) is 7.50. The third-order valence-electron chi connectivity index (χ3n) is 0.944. The Bertz CT molecular complexity index is 245. The fraction of sp³-hybridized carbons (Fsp3) is 0.556. The average molecular weight is 200 g/mol. The standard InChI is InChI=1S/C5H8N4O.2C2H6/c1-3-2-7-5(8-3)9-4(6)10;2*1-2/h2H,1H3,(H4,6,7,8,9,10);2*1-2H3. The Hall–Kier alpha value is -1.52. The zero-order valence-electron chi connectivity index (χ0n) is 9.51. The molecule has 82 valence electrons. The molecule has 0 fully saturated rings. The number of nitrogens with one attached hydrogen (secondary N) is 2. The molecule has 0 aromatic carbocycles. The van der Waals surface area contributed by atoms with Crippen molar-refractivity contribution in [1.82, 2.24) is 9.97 Å². The van der Waals surface area contributed by atoms with Crippen LogP contribution in [0.4, 0.5) is 10.7 Å². The van der Waals surface area contributed by atoms with Gasteiger partial charge in [0.15, 0.2) is 0 Å². The van der Waals surface area contributed by atoms with Gasteiger partial charge in [0, 0.05) is 11.9 Å². The maximum Gasteiger partial charge on any atom is 0.318 e. The van der Waals surface area contributed by atoms with Gasteiger partial charge in [-0.3, -0.25) is 5.32 Å². The lowest BCUT2D eigenvalue weighted by atomic mass is 10.6. The molecule has 0 atom stereocenters. The number of carbonyl (C=O) groups is 1. The fourth-order valence-electron chi connectivity index (χ4n) is 0.593. The third kappa shape index (κ3) is 7.15. The van der Waals surface area contributed by atoms with Gasteiger partial charge >= 0.3 is 6.03 Å². The molecule has 14 heavy (non-hydrogen) atoms. The number of aromatic amines is 1. The van der Waals surface area contributed by atoms with Crippen molar-refractivity contribution in [1.29, 1.82) is 0 Å². The second-order valence-electron chi connectivity index (χ2n) is 1.90. The number of H-pyrrole nitrogens is 1. The van der Waals surface area contributed by atoms with E-state index in [4.69, 9.17) is 5.73 Å². The van der Waals surface area contributed by atoms with Gasteiger partial charge in [-0.2, -0.15) is 0 Å². The Morgan fingerprint density at radius 1 is 1.43 bits per heavy atom. The van der Waals surface area contributed by atoms with Crippen molar-refractivity contribution in [2.75, 3.05) is 5.32 Å². The van der Waals surface area contributed by atoms with E-state index in [1.807, 2.05) is 34.6 Å². The van der Waals surface area contributed by atoms with E-state index in [1.165, 1.54) is 0 Å². The van der Waals surface area contributed by atoms with E-state index in [9.17, 15) is 4.79 Å². The van der Waals surface area contributed by atoms with Crippen LogP contribution in [0.5, 0.6) is 0 Å². The molecule has 2 amide bonds. The Balaban J connectivity index is 0. The van der Waals surface area contributed by atoms with Crippen molar-refractivity contribution in [2.45, 2.75) is 34.6 Å². The summed E-state index contributed by atoms with van der Waals surface area (Å²) in [4.78, 5) is 16.8. The first-order valence-electron chi connectivity index (χ1n) is 4.76. The van der Waals surface area contributed by atoms with Crippen LogP contribution in [-0.2, 0) is 0 Å². The third-order valence-corrected chi connectivity index (χ3v) is 0.944.